The van der Waals surface area contributed by atoms with Crippen molar-refractivity contribution in [2.75, 3.05) is 20.0 Å². The fourth-order valence-corrected chi connectivity index (χ4v) is 4.94. The van der Waals surface area contributed by atoms with E-state index >= 15 is 0 Å². The molecule has 0 bridgehead atoms. The van der Waals surface area contributed by atoms with Gasteiger partial charge in [-0.05, 0) is 0 Å². The van der Waals surface area contributed by atoms with Gasteiger partial charge < -0.3 is 14.6 Å². The van der Waals surface area contributed by atoms with Crippen molar-refractivity contribution in [1.82, 2.24) is 9.97 Å². The van der Waals surface area contributed by atoms with Crippen molar-refractivity contribution in [3.8, 4) is 11.8 Å². The summed E-state index contributed by atoms with van der Waals surface area (Å²) >= 11 is 3.68. The summed E-state index contributed by atoms with van der Waals surface area (Å²) in [6.07, 6.45) is 0.823. The summed E-state index contributed by atoms with van der Waals surface area (Å²) < 4.78 is 10.2. The molecule has 1 aromatic heterocycles. The molecule has 1 saturated heterocycles. The fraction of sp³-hybridized carbons (Fsp3) is 0.692. The Bertz CT molecular complexity index is 461. The summed E-state index contributed by atoms with van der Waals surface area (Å²) in [5, 5.41) is 11.8. The summed E-state index contributed by atoms with van der Waals surface area (Å²) in [7, 11) is 3.05. The van der Waals surface area contributed by atoms with Gasteiger partial charge in [-0.1, -0.05) is 13.8 Å². The lowest BCUT2D eigenvalue weighted by Crippen LogP contribution is -2.31. The van der Waals surface area contributed by atoms with E-state index in [1.54, 1.807) is 11.8 Å². The molecular formula is C13H20N2O3S2. The Hall–Kier alpha value is -0.660. The largest absolute Gasteiger partial charge is 0.480 e. The Balaban J connectivity index is 2.18. The monoisotopic (exact) mass is 316 g/mol. The average molecular weight is 316 g/mol. The predicted molar refractivity (Wildman–Crippen MR) is 82.9 cm³/mol. The molecule has 1 N–H and O–H groups in total. The molecule has 2 heterocycles. The van der Waals surface area contributed by atoms with Gasteiger partial charge in [0.1, 0.15) is 11.8 Å². The first-order valence-electron chi connectivity index (χ1n) is 6.46. The van der Waals surface area contributed by atoms with Crippen LogP contribution >= 0.6 is 23.5 Å². The van der Waals surface area contributed by atoms with E-state index < -0.39 is 6.10 Å². The molecule has 0 radical (unpaired) electrons. The number of aliphatic hydroxyl groups is 1. The molecule has 7 heteroatoms. The standard InChI is InChI=1S/C13H20N2O3S2/c1-7-8(2)20-9(6-19-7)12(16)11-13(18-4)15-10(17-3)5-14-11/h5,7-9,12,16H,6H2,1-4H3. The third-order valence-electron chi connectivity index (χ3n) is 3.35. The zero-order valence-electron chi connectivity index (χ0n) is 12.1. The first-order valence-corrected chi connectivity index (χ1v) is 8.46. The number of thioether (sulfide) groups is 2. The van der Waals surface area contributed by atoms with Gasteiger partial charge in [0.2, 0.25) is 11.8 Å². The molecule has 1 aliphatic rings. The normalized spacial score (nSPS) is 27.9. The van der Waals surface area contributed by atoms with Gasteiger partial charge in [0.15, 0.2) is 0 Å². The van der Waals surface area contributed by atoms with E-state index in [4.69, 9.17) is 9.47 Å². The van der Waals surface area contributed by atoms with Gasteiger partial charge in [-0.2, -0.15) is 28.5 Å². The minimum absolute atomic E-state index is 0.0998. The molecule has 0 spiro atoms. The highest BCUT2D eigenvalue weighted by Gasteiger charge is 2.33. The molecule has 4 unspecified atom stereocenters. The van der Waals surface area contributed by atoms with E-state index in [9.17, 15) is 5.11 Å². The maximum absolute atomic E-state index is 10.6. The quantitative estimate of drug-likeness (QED) is 0.913. The third kappa shape index (κ3) is 3.32. The topological polar surface area (TPSA) is 64.5 Å². The van der Waals surface area contributed by atoms with Gasteiger partial charge in [-0.3, -0.25) is 0 Å². The maximum Gasteiger partial charge on any atom is 0.241 e. The van der Waals surface area contributed by atoms with E-state index in [0.29, 0.717) is 28.0 Å². The van der Waals surface area contributed by atoms with Crippen molar-refractivity contribution in [3.05, 3.63) is 11.9 Å². The number of nitrogens with zero attached hydrogens (tertiary/aromatic N) is 2. The summed E-state index contributed by atoms with van der Waals surface area (Å²) in [6.45, 7) is 4.41. The number of aliphatic hydroxyl groups excluding tert-OH is 1. The number of hydrogen-bond donors (Lipinski definition) is 1. The molecule has 1 fully saturated rings. The molecule has 5 nitrogen and oxygen atoms in total. The molecule has 2 rings (SSSR count). The van der Waals surface area contributed by atoms with E-state index in [-0.39, 0.29) is 5.25 Å². The highest BCUT2D eigenvalue weighted by Crippen LogP contribution is 2.41. The molecular weight excluding hydrogens is 296 g/mol. The van der Waals surface area contributed by atoms with Gasteiger partial charge in [-0.15, -0.1) is 0 Å². The Labute approximate surface area is 127 Å². The van der Waals surface area contributed by atoms with Crippen molar-refractivity contribution < 1.29 is 14.6 Å². The number of methoxy groups -OCH3 is 2. The number of aromatic nitrogens is 2. The van der Waals surface area contributed by atoms with Crippen LogP contribution in [0.1, 0.15) is 25.6 Å². The van der Waals surface area contributed by atoms with Crippen molar-refractivity contribution in [3.63, 3.8) is 0 Å². The highest BCUT2D eigenvalue weighted by molar-refractivity contribution is 8.07. The Morgan fingerprint density at radius 3 is 2.65 bits per heavy atom. The predicted octanol–water partition coefficient (Wildman–Crippen LogP) is 2.15. The second-order valence-electron chi connectivity index (χ2n) is 4.67. The molecule has 0 amide bonds. The van der Waals surface area contributed by atoms with Crippen molar-refractivity contribution in [2.24, 2.45) is 0 Å². The van der Waals surface area contributed by atoms with E-state index in [1.807, 2.05) is 11.8 Å². The van der Waals surface area contributed by atoms with Gasteiger partial charge >= 0.3 is 0 Å². The van der Waals surface area contributed by atoms with E-state index in [2.05, 4.69) is 23.8 Å². The van der Waals surface area contributed by atoms with Crippen LogP contribution in [-0.4, -0.2) is 50.8 Å². The third-order valence-corrected chi connectivity index (χ3v) is 6.83. The van der Waals surface area contributed by atoms with Crippen LogP contribution in [-0.2, 0) is 0 Å². The van der Waals surface area contributed by atoms with E-state index in [0.717, 1.165) is 5.75 Å². The second kappa shape index (κ2) is 6.87. The van der Waals surface area contributed by atoms with Gasteiger partial charge in [-0.25, -0.2) is 4.98 Å². The summed E-state index contributed by atoms with van der Waals surface area (Å²) in [6, 6.07) is 0. The lowest BCUT2D eigenvalue weighted by molar-refractivity contribution is 0.168. The second-order valence-corrected chi connectivity index (χ2v) is 7.70. The van der Waals surface area contributed by atoms with Crippen molar-refractivity contribution in [1.29, 1.82) is 0 Å². The zero-order chi connectivity index (χ0) is 14.7. The van der Waals surface area contributed by atoms with Crippen LogP contribution in [0.2, 0.25) is 0 Å². The highest BCUT2D eigenvalue weighted by atomic mass is 32.2. The summed E-state index contributed by atoms with van der Waals surface area (Å²) in [5.74, 6) is 1.60. The Morgan fingerprint density at radius 2 is 2.05 bits per heavy atom. The van der Waals surface area contributed by atoms with Crippen LogP contribution in [0.4, 0.5) is 0 Å². The smallest absolute Gasteiger partial charge is 0.241 e. The first kappa shape index (κ1) is 15.7. The van der Waals surface area contributed by atoms with Crippen molar-refractivity contribution >= 4 is 23.5 Å². The van der Waals surface area contributed by atoms with Crippen LogP contribution < -0.4 is 9.47 Å². The molecule has 0 aromatic carbocycles. The number of ether oxygens (including phenoxy) is 2. The maximum atomic E-state index is 10.6. The summed E-state index contributed by atoms with van der Waals surface area (Å²) in [4.78, 5) is 8.43. The van der Waals surface area contributed by atoms with Gasteiger partial charge in [0.05, 0.1) is 20.4 Å². The molecule has 0 saturated carbocycles. The Kier molecular flexibility index (Phi) is 5.40. The minimum atomic E-state index is -0.684. The first-order chi connectivity index (χ1) is 9.56. The molecule has 1 aromatic rings. The van der Waals surface area contributed by atoms with Crippen LogP contribution in [0.5, 0.6) is 11.8 Å². The van der Waals surface area contributed by atoms with Crippen molar-refractivity contribution in [2.45, 2.75) is 35.7 Å². The lowest BCUT2D eigenvalue weighted by atomic mass is 10.2. The van der Waals surface area contributed by atoms with Gasteiger partial charge in [0, 0.05) is 21.5 Å². The zero-order valence-corrected chi connectivity index (χ0v) is 13.7. The molecule has 112 valence electrons. The minimum Gasteiger partial charge on any atom is -0.480 e. The Morgan fingerprint density at radius 1 is 1.30 bits per heavy atom. The molecule has 1 aliphatic heterocycles. The molecule has 20 heavy (non-hydrogen) atoms. The SMILES string of the molecule is COc1cnc(C(O)C2CSC(C)C(C)S2)c(OC)n1. The number of hydrogen-bond acceptors (Lipinski definition) is 7. The molecule has 0 aliphatic carbocycles. The number of rotatable bonds is 4. The average Bonchev–Trinajstić information content (AvgIpc) is 2.48. The molecule has 4 atom stereocenters. The van der Waals surface area contributed by atoms with Crippen LogP contribution in [0, 0.1) is 0 Å². The van der Waals surface area contributed by atoms with Crippen LogP contribution in [0.15, 0.2) is 6.20 Å². The van der Waals surface area contributed by atoms with E-state index in [1.165, 1.54) is 20.4 Å². The van der Waals surface area contributed by atoms with Crippen LogP contribution in [0.25, 0.3) is 0 Å². The lowest BCUT2D eigenvalue weighted by Gasteiger charge is -2.33. The van der Waals surface area contributed by atoms with Crippen LogP contribution in [0.3, 0.4) is 0 Å². The summed E-state index contributed by atoms with van der Waals surface area (Å²) in [5.41, 5.74) is 0.480. The van der Waals surface area contributed by atoms with Gasteiger partial charge in [0.25, 0.3) is 0 Å². The fourth-order valence-electron chi connectivity index (χ4n) is 1.97.